The summed E-state index contributed by atoms with van der Waals surface area (Å²) in [5, 5.41) is 0. The fraction of sp³-hybridized carbons (Fsp3) is 0.591. The number of aromatic nitrogens is 2. The molecule has 2 aliphatic rings. The van der Waals surface area contributed by atoms with Gasteiger partial charge in [-0.15, -0.1) is 0 Å². The zero-order valence-corrected chi connectivity index (χ0v) is 17.9. The molecule has 8 heteroatoms. The highest BCUT2D eigenvalue weighted by Gasteiger charge is 2.32. The average Bonchev–Trinajstić information content (AvgIpc) is 3.08. The van der Waals surface area contributed by atoms with Gasteiger partial charge in [-0.3, -0.25) is 14.5 Å². The van der Waals surface area contributed by atoms with Crippen LogP contribution in [0.4, 0.5) is 0 Å². The molecule has 8 nitrogen and oxygen atoms in total. The predicted octanol–water partition coefficient (Wildman–Crippen LogP) is 1.17. The molecule has 0 N–H and O–H groups in total. The number of pyridine rings is 1. The third-order valence-corrected chi connectivity index (χ3v) is 6.23. The van der Waals surface area contributed by atoms with Crippen molar-refractivity contribution in [2.24, 2.45) is 5.92 Å². The zero-order valence-electron chi connectivity index (χ0n) is 17.9. The quantitative estimate of drug-likeness (QED) is 0.711. The van der Waals surface area contributed by atoms with E-state index in [2.05, 4.69) is 9.88 Å². The minimum atomic E-state index is -0.142. The molecule has 2 amide bonds. The second-order valence-electron chi connectivity index (χ2n) is 8.30. The van der Waals surface area contributed by atoms with Crippen molar-refractivity contribution in [1.82, 2.24) is 24.1 Å². The fourth-order valence-corrected chi connectivity index (χ4v) is 4.39. The number of aryl methyl sites for hydroxylation is 1. The normalized spacial score (nSPS) is 20.7. The summed E-state index contributed by atoms with van der Waals surface area (Å²) in [7, 11) is 1.85. The molecule has 4 rings (SSSR count). The highest BCUT2D eigenvalue weighted by atomic mass is 16.5. The van der Waals surface area contributed by atoms with Crippen molar-refractivity contribution in [3.63, 3.8) is 0 Å². The van der Waals surface area contributed by atoms with E-state index in [9.17, 15) is 9.59 Å². The van der Waals surface area contributed by atoms with Gasteiger partial charge in [0, 0.05) is 52.4 Å². The van der Waals surface area contributed by atoms with Crippen molar-refractivity contribution < 1.29 is 14.3 Å². The van der Waals surface area contributed by atoms with E-state index >= 15 is 0 Å². The van der Waals surface area contributed by atoms with Gasteiger partial charge in [-0.05, 0) is 25.5 Å². The molecule has 2 fully saturated rings. The first-order valence-electron chi connectivity index (χ1n) is 10.8. The topological polar surface area (TPSA) is 70.4 Å². The Morgan fingerprint density at radius 1 is 1.27 bits per heavy atom. The van der Waals surface area contributed by atoms with Crippen molar-refractivity contribution in [2.75, 3.05) is 53.0 Å². The van der Waals surface area contributed by atoms with Crippen molar-refractivity contribution >= 4 is 17.5 Å². The molecule has 0 bridgehead atoms. The number of rotatable bonds is 6. The molecule has 4 heterocycles. The number of carbonyl (C=O) groups excluding carboxylic acids is 2. The lowest BCUT2D eigenvalue weighted by Gasteiger charge is -2.35. The number of imidazole rings is 1. The first kappa shape index (κ1) is 20.8. The van der Waals surface area contributed by atoms with Crippen molar-refractivity contribution in [1.29, 1.82) is 0 Å². The summed E-state index contributed by atoms with van der Waals surface area (Å²) in [5.41, 5.74) is 2.85. The minimum absolute atomic E-state index is 0.101. The van der Waals surface area contributed by atoms with E-state index in [0.29, 0.717) is 32.5 Å². The van der Waals surface area contributed by atoms with Crippen molar-refractivity contribution in [2.45, 2.75) is 26.3 Å². The van der Waals surface area contributed by atoms with Crippen LogP contribution in [0.3, 0.4) is 0 Å². The van der Waals surface area contributed by atoms with E-state index < -0.39 is 0 Å². The molecule has 30 heavy (non-hydrogen) atoms. The second kappa shape index (κ2) is 9.14. The maximum absolute atomic E-state index is 13.2. The zero-order chi connectivity index (χ0) is 21.1. The molecule has 0 aliphatic carbocycles. The lowest BCUT2D eigenvalue weighted by molar-refractivity contribution is -0.142. The van der Waals surface area contributed by atoms with Gasteiger partial charge in [-0.2, -0.15) is 0 Å². The summed E-state index contributed by atoms with van der Waals surface area (Å²) in [6, 6.07) is 5.90. The molecular formula is C22H31N5O3. The van der Waals surface area contributed by atoms with E-state index in [1.165, 1.54) is 0 Å². The Bertz CT molecular complexity index is 905. The molecule has 2 saturated heterocycles. The summed E-state index contributed by atoms with van der Waals surface area (Å²) in [4.78, 5) is 36.1. The second-order valence-corrected chi connectivity index (χ2v) is 8.30. The van der Waals surface area contributed by atoms with E-state index in [4.69, 9.17) is 4.74 Å². The molecule has 1 atom stereocenters. The van der Waals surface area contributed by atoms with Gasteiger partial charge in [-0.25, -0.2) is 4.98 Å². The first-order chi connectivity index (χ1) is 14.5. The predicted molar refractivity (Wildman–Crippen MR) is 113 cm³/mol. The number of likely N-dealkylation sites (tertiary alicyclic amines) is 1. The number of hydrogen-bond acceptors (Lipinski definition) is 5. The number of ether oxygens (including phenoxy) is 1. The largest absolute Gasteiger partial charge is 0.379 e. The summed E-state index contributed by atoms with van der Waals surface area (Å²) in [6.07, 6.45) is 3.06. The van der Waals surface area contributed by atoms with Crippen LogP contribution in [0.15, 0.2) is 24.4 Å². The van der Waals surface area contributed by atoms with Crippen LogP contribution in [0.5, 0.6) is 0 Å². The molecule has 0 saturated carbocycles. The van der Waals surface area contributed by atoms with Crippen LogP contribution in [0.25, 0.3) is 5.65 Å². The van der Waals surface area contributed by atoms with Gasteiger partial charge in [0.05, 0.1) is 37.1 Å². The highest BCUT2D eigenvalue weighted by Crippen LogP contribution is 2.21. The smallest absolute Gasteiger partial charge is 0.227 e. The van der Waals surface area contributed by atoms with Gasteiger partial charge in [-0.1, -0.05) is 6.07 Å². The van der Waals surface area contributed by atoms with Crippen molar-refractivity contribution in [3.8, 4) is 0 Å². The van der Waals surface area contributed by atoms with E-state index in [1.54, 1.807) is 4.90 Å². The van der Waals surface area contributed by atoms with Gasteiger partial charge in [0.2, 0.25) is 11.8 Å². The Morgan fingerprint density at radius 2 is 2.07 bits per heavy atom. The van der Waals surface area contributed by atoms with Gasteiger partial charge >= 0.3 is 0 Å². The number of piperidine rings is 1. The van der Waals surface area contributed by atoms with Crippen LogP contribution in [0.2, 0.25) is 0 Å². The average molecular weight is 414 g/mol. The lowest BCUT2D eigenvalue weighted by atomic mass is 9.96. The molecule has 2 aromatic heterocycles. The Labute approximate surface area is 177 Å². The van der Waals surface area contributed by atoms with Crippen LogP contribution in [-0.4, -0.2) is 88.9 Å². The van der Waals surface area contributed by atoms with Crippen LogP contribution >= 0.6 is 0 Å². The van der Waals surface area contributed by atoms with E-state index in [-0.39, 0.29) is 17.7 Å². The van der Waals surface area contributed by atoms with Gasteiger partial charge in [0.15, 0.2) is 0 Å². The summed E-state index contributed by atoms with van der Waals surface area (Å²) in [6.45, 7) is 7.84. The minimum Gasteiger partial charge on any atom is -0.379 e. The molecule has 0 aromatic carbocycles. The Morgan fingerprint density at radius 3 is 2.87 bits per heavy atom. The molecule has 1 unspecified atom stereocenters. The molecule has 162 valence electrons. The number of carbonyl (C=O) groups is 2. The molecular weight excluding hydrogens is 382 g/mol. The standard InChI is InChI=1S/C22H31N5O3/c1-17-19(27-8-4-3-5-20(27)23-17)16-24(2)22(29)18-6-7-21(28)26(15-18)10-9-25-11-13-30-14-12-25/h3-5,8,18H,6-7,9-16H2,1-2H3. The van der Waals surface area contributed by atoms with Gasteiger partial charge < -0.3 is 18.9 Å². The molecule has 0 spiro atoms. The maximum atomic E-state index is 13.2. The Hall–Kier alpha value is -2.45. The number of morpholine rings is 1. The van der Waals surface area contributed by atoms with Gasteiger partial charge in [0.25, 0.3) is 0 Å². The maximum Gasteiger partial charge on any atom is 0.227 e. The van der Waals surface area contributed by atoms with Crippen LogP contribution in [-0.2, 0) is 20.9 Å². The van der Waals surface area contributed by atoms with Gasteiger partial charge in [0.1, 0.15) is 5.65 Å². The summed E-state index contributed by atoms with van der Waals surface area (Å²) >= 11 is 0. The van der Waals surface area contributed by atoms with Crippen LogP contribution < -0.4 is 0 Å². The van der Waals surface area contributed by atoms with Crippen molar-refractivity contribution in [3.05, 3.63) is 35.8 Å². The summed E-state index contributed by atoms with van der Waals surface area (Å²) in [5.74, 6) is 0.119. The first-order valence-corrected chi connectivity index (χ1v) is 10.8. The molecule has 2 aromatic rings. The molecule has 2 aliphatic heterocycles. The monoisotopic (exact) mass is 413 g/mol. The number of fused-ring (bicyclic) bond motifs is 1. The summed E-state index contributed by atoms with van der Waals surface area (Å²) < 4.78 is 7.43. The number of hydrogen-bond donors (Lipinski definition) is 0. The third kappa shape index (κ3) is 4.49. The van der Waals surface area contributed by atoms with E-state index in [0.717, 1.165) is 49.9 Å². The van der Waals surface area contributed by atoms with Crippen LogP contribution in [0.1, 0.15) is 24.2 Å². The SMILES string of the molecule is Cc1nc2ccccn2c1CN(C)C(=O)C1CCC(=O)N(CCN2CCOCC2)C1. The Balaban J connectivity index is 1.37. The van der Waals surface area contributed by atoms with E-state index in [1.807, 2.05) is 47.7 Å². The Kier molecular flexibility index (Phi) is 6.34. The third-order valence-electron chi connectivity index (χ3n) is 6.23. The molecule has 0 radical (unpaired) electrons. The fourth-order valence-electron chi connectivity index (χ4n) is 4.39. The number of amides is 2. The highest BCUT2D eigenvalue weighted by molar-refractivity contribution is 5.83. The number of nitrogens with zero attached hydrogens (tertiary/aromatic N) is 5. The van der Waals surface area contributed by atoms with Crippen LogP contribution in [0, 0.1) is 12.8 Å². The lowest BCUT2D eigenvalue weighted by Crippen LogP contribution is -2.49.